The Kier molecular flexibility index (Phi) is 4.26. The molecule has 0 aromatic heterocycles. The van der Waals surface area contributed by atoms with E-state index < -0.39 is 5.41 Å². The van der Waals surface area contributed by atoms with E-state index in [4.69, 9.17) is 20.4 Å². The lowest BCUT2D eigenvalue weighted by molar-refractivity contribution is -0.134. The molecular weight excluding hydrogens is 250 g/mol. The van der Waals surface area contributed by atoms with Crippen LogP contribution in [0, 0.1) is 5.41 Å². The maximum atomic E-state index is 12.4. The van der Waals surface area contributed by atoms with Crippen LogP contribution in [0.1, 0.15) is 25.7 Å². The van der Waals surface area contributed by atoms with Gasteiger partial charge in [-0.05, 0) is 25.7 Å². The van der Waals surface area contributed by atoms with Crippen molar-refractivity contribution in [3.63, 3.8) is 0 Å². The minimum absolute atomic E-state index is 0.0316. The van der Waals surface area contributed by atoms with Gasteiger partial charge in [0.1, 0.15) is 5.41 Å². The zero-order valence-electron chi connectivity index (χ0n) is 11.1. The Morgan fingerprint density at radius 3 is 2.63 bits per heavy atom. The van der Waals surface area contributed by atoms with Gasteiger partial charge in [0, 0.05) is 26.4 Å². The first kappa shape index (κ1) is 14.1. The van der Waals surface area contributed by atoms with E-state index in [0.29, 0.717) is 26.1 Å². The van der Waals surface area contributed by atoms with Crippen molar-refractivity contribution in [3.05, 3.63) is 0 Å². The maximum Gasteiger partial charge on any atom is 0.234 e. The second-order valence-corrected chi connectivity index (χ2v) is 5.18. The number of amidine groups is 1. The van der Waals surface area contributed by atoms with Gasteiger partial charge in [-0.15, -0.1) is 0 Å². The predicted octanol–water partition coefficient (Wildman–Crippen LogP) is -0.177. The van der Waals surface area contributed by atoms with Crippen molar-refractivity contribution in [2.24, 2.45) is 16.3 Å². The number of hydrogen-bond acceptors (Lipinski definition) is 5. The van der Waals surface area contributed by atoms with E-state index in [1.165, 1.54) is 0 Å². The van der Waals surface area contributed by atoms with Crippen molar-refractivity contribution in [1.29, 1.82) is 0 Å². The van der Waals surface area contributed by atoms with E-state index >= 15 is 0 Å². The number of oxime groups is 1. The number of nitrogens with one attached hydrogen (secondary N) is 1. The Morgan fingerprint density at radius 2 is 2.11 bits per heavy atom. The normalized spacial score (nSPS) is 30.5. The fraction of sp³-hybridized carbons (Fsp3) is 0.833. The van der Waals surface area contributed by atoms with Crippen molar-refractivity contribution in [2.45, 2.75) is 37.8 Å². The maximum absolute atomic E-state index is 12.4. The molecule has 2 aliphatic rings. The van der Waals surface area contributed by atoms with E-state index in [1.54, 1.807) is 7.11 Å². The first-order valence-electron chi connectivity index (χ1n) is 6.52. The quantitative estimate of drug-likeness (QED) is 0.285. The second kappa shape index (κ2) is 5.75. The van der Waals surface area contributed by atoms with Crippen LogP contribution in [0.5, 0.6) is 0 Å². The molecule has 0 aromatic carbocycles. The van der Waals surface area contributed by atoms with Crippen LogP contribution < -0.4 is 11.1 Å². The number of carbonyl (C=O) groups is 1. The van der Waals surface area contributed by atoms with Gasteiger partial charge >= 0.3 is 0 Å². The Bertz CT molecular complexity index is 360. The van der Waals surface area contributed by atoms with Crippen LogP contribution in [-0.2, 0) is 14.3 Å². The molecule has 1 saturated heterocycles. The van der Waals surface area contributed by atoms with Crippen LogP contribution >= 0.6 is 0 Å². The molecular formula is C12H21N3O4. The van der Waals surface area contributed by atoms with Crippen molar-refractivity contribution in [1.82, 2.24) is 5.32 Å². The van der Waals surface area contributed by atoms with E-state index in [2.05, 4.69) is 10.5 Å². The average molecular weight is 271 g/mol. The van der Waals surface area contributed by atoms with Crippen LogP contribution in [0.15, 0.2) is 5.16 Å². The Morgan fingerprint density at radius 1 is 1.47 bits per heavy atom. The molecule has 2 fully saturated rings. The SMILES string of the molecule is COC1CC(NC(=O)C2(C(N)=NO)CCOCC2)C1. The molecule has 2 rings (SSSR count). The number of hydrogen-bond donors (Lipinski definition) is 3. The van der Waals surface area contributed by atoms with Crippen LogP contribution in [0.4, 0.5) is 0 Å². The van der Waals surface area contributed by atoms with Crippen LogP contribution in [0.3, 0.4) is 0 Å². The highest BCUT2D eigenvalue weighted by atomic mass is 16.5. The smallest absolute Gasteiger partial charge is 0.234 e. The van der Waals surface area contributed by atoms with Crippen molar-refractivity contribution < 1.29 is 19.5 Å². The molecule has 1 aliphatic heterocycles. The summed E-state index contributed by atoms with van der Waals surface area (Å²) in [6, 6.07) is 0.115. The lowest BCUT2D eigenvalue weighted by Crippen LogP contribution is -2.57. The second-order valence-electron chi connectivity index (χ2n) is 5.18. The fourth-order valence-electron chi connectivity index (χ4n) is 2.61. The lowest BCUT2D eigenvalue weighted by Gasteiger charge is -2.39. The summed E-state index contributed by atoms with van der Waals surface area (Å²) in [6.45, 7) is 0.879. The molecule has 1 amide bonds. The highest BCUT2D eigenvalue weighted by Crippen LogP contribution is 2.32. The van der Waals surface area contributed by atoms with E-state index in [9.17, 15) is 4.79 Å². The number of methoxy groups -OCH3 is 1. The van der Waals surface area contributed by atoms with Gasteiger partial charge < -0.3 is 25.7 Å². The van der Waals surface area contributed by atoms with Gasteiger partial charge in [-0.1, -0.05) is 5.16 Å². The van der Waals surface area contributed by atoms with Crippen molar-refractivity contribution in [2.75, 3.05) is 20.3 Å². The first-order valence-corrected chi connectivity index (χ1v) is 6.52. The zero-order chi connectivity index (χ0) is 13.9. The molecule has 7 heteroatoms. The fourth-order valence-corrected chi connectivity index (χ4v) is 2.61. The summed E-state index contributed by atoms with van der Waals surface area (Å²) in [5.41, 5.74) is 4.79. The molecule has 0 radical (unpaired) electrons. The van der Waals surface area contributed by atoms with Gasteiger partial charge in [0.2, 0.25) is 5.91 Å². The number of ether oxygens (including phenoxy) is 2. The minimum atomic E-state index is -0.939. The molecule has 19 heavy (non-hydrogen) atoms. The zero-order valence-corrected chi connectivity index (χ0v) is 11.1. The molecule has 0 bridgehead atoms. The van der Waals surface area contributed by atoms with Gasteiger partial charge in [0.25, 0.3) is 0 Å². The molecule has 1 aliphatic carbocycles. The van der Waals surface area contributed by atoms with E-state index in [1.807, 2.05) is 0 Å². The van der Waals surface area contributed by atoms with E-state index in [0.717, 1.165) is 12.8 Å². The number of carbonyl (C=O) groups excluding carboxylic acids is 1. The third kappa shape index (κ3) is 2.66. The van der Waals surface area contributed by atoms with Crippen LogP contribution in [-0.4, -0.2) is 49.4 Å². The highest BCUT2D eigenvalue weighted by molar-refractivity contribution is 6.07. The lowest BCUT2D eigenvalue weighted by atomic mass is 9.77. The standard InChI is InChI=1S/C12H21N3O4/c1-18-9-6-8(7-9)14-11(16)12(10(13)15-17)2-4-19-5-3-12/h8-9,17H,2-7H2,1H3,(H2,13,15)(H,14,16). The van der Waals surface area contributed by atoms with Gasteiger partial charge in [0.05, 0.1) is 6.10 Å². The molecule has 0 spiro atoms. The summed E-state index contributed by atoms with van der Waals surface area (Å²) >= 11 is 0. The van der Waals surface area contributed by atoms with E-state index in [-0.39, 0.29) is 23.9 Å². The predicted molar refractivity (Wildman–Crippen MR) is 67.9 cm³/mol. The Hall–Kier alpha value is -1.34. The van der Waals surface area contributed by atoms with Crippen LogP contribution in [0.25, 0.3) is 0 Å². The van der Waals surface area contributed by atoms with Gasteiger partial charge in [0.15, 0.2) is 5.84 Å². The van der Waals surface area contributed by atoms with Gasteiger partial charge in [-0.25, -0.2) is 0 Å². The molecule has 108 valence electrons. The summed E-state index contributed by atoms with van der Waals surface area (Å²) in [5.74, 6) is -0.207. The third-order valence-corrected chi connectivity index (χ3v) is 4.14. The van der Waals surface area contributed by atoms with Crippen molar-refractivity contribution >= 4 is 11.7 Å². The number of rotatable bonds is 4. The Labute approximate surface area is 112 Å². The van der Waals surface area contributed by atoms with Gasteiger partial charge in [-0.3, -0.25) is 4.79 Å². The molecule has 0 atom stereocenters. The Balaban J connectivity index is 2.00. The number of amides is 1. The van der Waals surface area contributed by atoms with Crippen molar-refractivity contribution in [3.8, 4) is 0 Å². The summed E-state index contributed by atoms with van der Waals surface area (Å²) in [5, 5.41) is 14.9. The van der Waals surface area contributed by atoms with Crippen LogP contribution in [0.2, 0.25) is 0 Å². The molecule has 0 aromatic rings. The summed E-state index contributed by atoms with van der Waals surface area (Å²) < 4.78 is 10.4. The molecule has 0 unspecified atom stereocenters. The summed E-state index contributed by atoms with van der Waals surface area (Å²) in [7, 11) is 1.67. The van der Waals surface area contributed by atoms with Gasteiger partial charge in [-0.2, -0.15) is 0 Å². The topological polar surface area (TPSA) is 106 Å². The highest BCUT2D eigenvalue weighted by Gasteiger charge is 2.46. The average Bonchev–Trinajstić information content (AvgIpc) is 2.41. The summed E-state index contributed by atoms with van der Waals surface area (Å²) in [4.78, 5) is 12.4. The first-order chi connectivity index (χ1) is 9.12. The largest absolute Gasteiger partial charge is 0.409 e. The number of nitrogens with two attached hydrogens (primary N) is 1. The monoisotopic (exact) mass is 271 g/mol. The molecule has 1 heterocycles. The third-order valence-electron chi connectivity index (χ3n) is 4.14. The number of nitrogens with zero attached hydrogens (tertiary/aromatic N) is 1. The molecule has 7 nitrogen and oxygen atoms in total. The summed E-state index contributed by atoms with van der Waals surface area (Å²) in [6.07, 6.45) is 2.72. The molecule has 1 saturated carbocycles. The molecule has 4 N–H and O–H groups in total. The minimum Gasteiger partial charge on any atom is -0.409 e.